The number of hydrogen-bond donors (Lipinski definition) is 2. The number of carbonyl (C=O) groups excluding carboxylic acids is 1. The van der Waals surface area contributed by atoms with Gasteiger partial charge in [-0.1, -0.05) is 0 Å². The van der Waals surface area contributed by atoms with E-state index in [9.17, 15) is 4.79 Å². The fourth-order valence-corrected chi connectivity index (χ4v) is 2.60. The van der Waals surface area contributed by atoms with Gasteiger partial charge in [-0.2, -0.15) is 0 Å². The molecule has 0 unspecified atom stereocenters. The molecule has 0 radical (unpaired) electrons. The minimum atomic E-state index is -0.444. The second-order valence-corrected chi connectivity index (χ2v) is 6.40. The molecule has 22 heavy (non-hydrogen) atoms. The van der Waals surface area contributed by atoms with E-state index in [0.717, 1.165) is 16.3 Å². The van der Waals surface area contributed by atoms with E-state index in [1.165, 1.54) is 11.3 Å². The summed E-state index contributed by atoms with van der Waals surface area (Å²) in [6.45, 7) is 6.71. The zero-order chi connectivity index (χ0) is 16.2. The van der Waals surface area contributed by atoms with E-state index in [1.54, 1.807) is 5.38 Å². The van der Waals surface area contributed by atoms with Gasteiger partial charge in [0, 0.05) is 23.0 Å². The molecule has 6 heteroatoms. The SMILES string of the molecule is CCOc1ccc(-c2nc(C(=O)NC(C)(C)CN)cs2)cc1. The molecule has 3 N–H and O–H groups in total. The molecule has 0 fully saturated rings. The molecule has 0 atom stereocenters. The van der Waals surface area contributed by atoms with Crippen LogP contribution in [0.5, 0.6) is 5.75 Å². The van der Waals surface area contributed by atoms with Gasteiger partial charge in [-0.05, 0) is 45.0 Å². The third-order valence-corrected chi connectivity index (χ3v) is 4.00. The van der Waals surface area contributed by atoms with Crippen molar-refractivity contribution in [3.8, 4) is 16.3 Å². The van der Waals surface area contributed by atoms with Crippen LogP contribution in [0.2, 0.25) is 0 Å². The van der Waals surface area contributed by atoms with Crippen LogP contribution in [0.15, 0.2) is 29.6 Å². The molecular formula is C16H21N3O2S. The lowest BCUT2D eigenvalue weighted by atomic mass is 10.1. The second kappa shape index (κ2) is 6.89. The van der Waals surface area contributed by atoms with E-state index >= 15 is 0 Å². The summed E-state index contributed by atoms with van der Waals surface area (Å²) in [6, 6.07) is 7.68. The van der Waals surface area contributed by atoms with E-state index in [0.29, 0.717) is 18.8 Å². The summed E-state index contributed by atoms with van der Waals surface area (Å²) in [5.41, 5.74) is 6.55. The van der Waals surface area contributed by atoms with Crippen molar-refractivity contribution in [2.24, 2.45) is 5.73 Å². The fraction of sp³-hybridized carbons (Fsp3) is 0.375. The molecule has 1 aromatic heterocycles. The van der Waals surface area contributed by atoms with Gasteiger partial charge in [-0.25, -0.2) is 4.98 Å². The molecular weight excluding hydrogens is 298 g/mol. The summed E-state index contributed by atoms with van der Waals surface area (Å²) in [4.78, 5) is 16.6. The van der Waals surface area contributed by atoms with Crippen LogP contribution in [0.25, 0.3) is 10.6 Å². The number of nitrogens with two attached hydrogens (primary N) is 1. The zero-order valence-electron chi connectivity index (χ0n) is 13.1. The lowest BCUT2D eigenvalue weighted by Gasteiger charge is -2.23. The average molecular weight is 319 g/mol. The summed E-state index contributed by atoms with van der Waals surface area (Å²) >= 11 is 1.44. The number of carbonyl (C=O) groups is 1. The van der Waals surface area contributed by atoms with E-state index in [-0.39, 0.29) is 5.91 Å². The third kappa shape index (κ3) is 4.05. The van der Waals surface area contributed by atoms with E-state index in [4.69, 9.17) is 10.5 Å². The first-order valence-electron chi connectivity index (χ1n) is 7.16. The Morgan fingerprint density at radius 1 is 1.36 bits per heavy atom. The first-order valence-corrected chi connectivity index (χ1v) is 8.04. The summed E-state index contributed by atoms with van der Waals surface area (Å²) in [5, 5.41) is 5.44. The lowest BCUT2D eigenvalue weighted by Crippen LogP contribution is -2.48. The van der Waals surface area contributed by atoms with Gasteiger partial charge in [0.05, 0.1) is 6.61 Å². The van der Waals surface area contributed by atoms with Gasteiger partial charge < -0.3 is 15.8 Å². The Labute approximate surface area is 134 Å². The van der Waals surface area contributed by atoms with Crippen LogP contribution in [0.1, 0.15) is 31.3 Å². The predicted octanol–water partition coefficient (Wildman–Crippen LogP) is 2.68. The second-order valence-electron chi connectivity index (χ2n) is 5.54. The number of ether oxygens (including phenoxy) is 1. The van der Waals surface area contributed by atoms with Crippen LogP contribution in [0.3, 0.4) is 0 Å². The highest BCUT2D eigenvalue weighted by Crippen LogP contribution is 2.26. The van der Waals surface area contributed by atoms with E-state index in [1.807, 2.05) is 45.0 Å². The van der Waals surface area contributed by atoms with Gasteiger partial charge in [0.25, 0.3) is 5.91 Å². The van der Waals surface area contributed by atoms with E-state index < -0.39 is 5.54 Å². The van der Waals surface area contributed by atoms with Crippen LogP contribution in [0.4, 0.5) is 0 Å². The predicted molar refractivity (Wildman–Crippen MR) is 89.3 cm³/mol. The molecule has 5 nitrogen and oxygen atoms in total. The molecule has 0 saturated carbocycles. The first kappa shape index (κ1) is 16.5. The zero-order valence-corrected chi connectivity index (χ0v) is 13.9. The molecule has 0 aliphatic heterocycles. The van der Waals surface area contributed by atoms with Crippen LogP contribution < -0.4 is 15.8 Å². The van der Waals surface area contributed by atoms with Gasteiger partial charge >= 0.3 is 0 Å². The fourth-order valence-electron chi connectivity index (χ4n) is 1.79. The third-order valence-electron chi connectivity index (χ3n) is 3.11. The molecule has 1 aromatic carbocycles. The van der Waals surface area contributed by atoms with Crippen molar-refractivity contribution in [2.75, 3.05) is 13.2 Å². The van der Waals surface area contributed by atoms with Crippen molar-refractivity contribution >= 4 is 17.2 Å². The maximum Gasteiger partial charge on any atom is 0.271 e. The van der Waals surface area contributed by atoms with Crippen LogP contribution in [-0.2, 0) is 0 Å². The summed E-state index contributed by atoms with van der Waals surface area (Å²) < 4.78 is 5.41. The monoisotopic (exact) mass is 319 g/mol. The Kier molecular flexibility index (Phi) is 5.15. The quantitative estimate of drug-likeness (QED) is 0.858. The summed E-state index contributed by atoms with van der Waals surface area (Å²) in [7, 11) is 0. The standard InChI is InChI=1S/C16H21N3O2S/c1-4-21-12-7-5-11(6-8-12)15-18-13(9-22-15)14(20)19-16(2,3)10-17/h5-9H,4,10,17H2,1-3H3,(H,19,20). The van der Waals surface area contributed by atoms with Gasteiger partial charge in [0.1, 0.15) is 16.5 Å². The topological polar surface area (TPSA) is 77.2 Å². The maximum atomic E-state index is 12.2. The molecule has 0 bridgehead atoms. The Hall–Kier alpha value is -1.92. The highest BCUT2D eigenvalue weighted by molar-refractivity contribution is 7.13. The van der Waals surface area contributed by atoms with Crippen LogP contribution in [-0.4, -0.2) is 29.6 Å². The van der Waals surface area contributed by atoms with Crippen molar-refractivity contribution in [1.29, 1.82) is 0 Å². The average Bonchev–Trinajstić information content (AvgIpc) is 2.98. The van der Waals surface area contributed by atoms with Crippen molar-refractivity contribution in [3.05, 3.63) is 35.3 Å². The number of benzene rings is 1. The number of amides is 1. The molecule has 1 heterocycles. The van der Waals surface area contributed by atoms with Gasteiger partial charge in [-0.15, -0.1) is 11.3 Å². The molecule has 118 valence electrons. The highest BCUT2D eigenvalue weighted by Gasteiger charge is 2.21. The lowest BCUT2D eigenvalue weighted by molar-refractivity contribution is 0.0911. The summed E-state index contributed by atoms with van der Waals surface area (Å²) in [6.07, 6.45) is 0. The molecule has 0 spiro atoms. The number of nitrogens with zero attached hydrogens (tertiary/aromatic N) is 1. The van der Waals surface area contributed by atoms with Crippen molar-refractivity contribution in [2.45, 2.75) is 26.3 Å². The number of thiazole rings is 1. The Morgan fingerprint density at radius 3 is 2.64 bits per heavy atom. The van der Waals surface area contributed by atoms with Gasteiger partial charge in [0.2, 0.25) is 0 Å². The van der Waals surface area contributed by atoms with Gasteiger partial charge in [0.15, 0.2) is 0 Å². The smallest absolute Gasteiger partial charge is 0.271 e. The highest BCUT2D eigenvalue weighted by atomic mass is 32.1. The minimum absolute atomic E-state index is 0.205. The number of aromatic nitrogens is 1. The maximum absolute atomic E-state index is 12.2. The molecule has 2 rings (SSSR count). The Bertz CT molecular complexity index is 635. The molecule has 1 amide bonds. The van der Waals surface area contributed by atoms with Gasteiger partial charge in [-0.3, -0.25) is 4.79 Å². The minimum Gasteiger partial charge on any atom is -0.494 e. The van der Waals surface area contributed by atoms with Crippen molar-refractivity contribution < 1.29 is 9.53 Å². The van der Waals surface area contributed by atoms with Crippen LogP contribution in [0, 0.1) is 0 Å². The Balaban J connectivity index is 2.12. The molecule has 0 aliphatic rings. The molecule has 0 aliphatic carbocycles. The Morgan fingerprint density at radius 2 is 2.05 bits per heavy atom. The molecule has 0 saturated heterocycles. The largest absolute Gasteiger partial charge is 0.494 e. The van der Waals surface area contributed by atoms with Crippen molar-refractivity contribution in [3.63, 3.8) is 0 Å². The first-order chi connectivity index (χ1) is 10.4. The number of nitrogens with one attached hydrogen (secondary N) is 1. The number of hydrogen-bond acceptors (Lipinski definition) is 5. The molecule has 2 aromatic rings. The number of rotatable bonds is 6. The summed E-state index contributed by atoms with van der Waals surface area (Å²) in [5.74, 6) is 0.620. The van der Waals surface area contributed by atoms with Crippen molar-refractivity contribution in [1.82, 2.24) is 10.3 Å². The van der Waals surface area contributed by atoms with E-state index in [2.05, 4.69) is 10.3 Å². The normalized spacial score (nSPS) is 11.3. The van der Waals surface area contributed by atoms with Crippen LogP contribution >= 0.6 is 11.3 Å².